The summed E-state index contributed by atoms with van der Waals surface area (Å²) in [6.45, 7) is 0. The topological polar surface area (TPSA) is 9.23 Å². The Morgan fingerprint density at radius 3 is 1.87 bits per heavy atom. The molecule has 0 atom stereocenters. The lowest BCUT2D eigenvalue weighted by Gasteiger charge is -2.36. The fourth-order valence-corrected chi connectivity index (χ4v) is 4.57. The second-order valence-electron chi connectivity index (χ2n) is 7.77. The molecule has 1 heterocycles. The third-order valence-corrected chi connectivity index (χ3v) is 6.06. The molecule has 0 radical (unpaired) electrons. The third kappa shape index (κ3) is 2.49. The van der Waals surface area contributed by atoms with Crippen LogP contribution in [0.25, 0.3) is 27.6 Å². The second-order valence-corrected chi connectivity index (χ2v) is 7.77. The number of ether oxygens (including phenoxy) is 1. The Labute approximate surface area is 175 Å². The zero-order valence-corrected chi connectivity index (χ0v) is 16.5. The predicted octanol–water partition coefficient (Wildman–Crippen LogP) is 7.34. The van der Waals surface area contributed by atoms with E-state index < -0.39 is 5.60 Å². The van der Waals surface area contributed by atoms with Crippen molar-refractivity contribution >= 4 is 27.6 Å². The van der Waals surface area contributed by atoms with E-state index >= 15 is 0 Å². The molecule has 0 saturated heterocycles. The summed E-state index contributed by atoms with van der Waals surface area (Å²) in [4.78, 5) is 0. The van der Waals surface area contributed by atoms with Gasteiger partial charge in [0.1, 0.15) is 5.75 Å². The van der Waals surface area contributed by atoms with Crippen molar-refractivity contribution in [1.29, 1.82) is 0 Å². The molecule has 0 unspecified atom stereocenters. The van der Waals surface area contributed by atoms with Crippen LogP contribution in [0.3, 0.4) is 0 Å². The van der Waals surface area contributed by atoms with Gasteiger partial charge in [0.2, 0.25) is 0 Å². The van der Waals surface area contributed by atoms with E-state index in [0.29, 0.717) is 0 Å². The number of rotatable bonds is 2. The van der Waals surface area contributed by atoms with E-state index in [0.717, 1.165) is 22.4 Å². The quantitative estimate of drug-likeness (QED) is 0.289. The Hall–Kier alpha value is -3.84. The van der Waals surface area contributed by atoms with Gasteiger partial charge in [-0.1, -0.05) is 115 Å². The van der Waals surface area contributed by atoms with Gasteiger partial charge in [0, 0.05) is 22.1 Å². The van der Waals surface area contributed by atoms with Gasteiger partial charge in [-0.25, -0.2) is 0 Å². The molecule has 0 aromatic heterocycles. The average molecular weight is 384 g/mol. The maximum absolute atomic E-state index is 7.03. The molecule has 0 N–H and O–H groups in total. The summed E-state index contributed by atoms with van der Waals surface area (Å²) in [6, 6.07) is 38.2. The van der Waals surface area contributed by atoms with Crippen LogP contribution in [0, 0.1) is 0 Å². The van der Waals surface area contributed by atoms with Gasteiger partial charge in [-0.15, -0.1) is 0 Å². The summed E-state index contributed by atoms with van der Waals surface area (Å²) in [6.07, 6.45) is 4.40. The van der Waals surface area contributed by atoms with Crippen LogP contribution in [0.4, 0.5) is 0 Å². The number of fused-ring (bicyclic) bond motifs is 5. The molecule has 0 saturated carbocycles. The predicted molar refractivity (Wildman–Crippen MR) is 125 cm³/mol. The van der Waals surface area contributed by atoms with Crippen LogP contribution in [0.15, 0.2) is 115 Å². The first-order chi connectivity index (χ1) is 14.9. The smallest absolute Gasteiger partial charge is 0.178 e. The fourth-order valence-electron chi connectivity index (χ4n) is 4.57. The van der Waals surface area contributed by atoms with Crippen molar-refractivity contribution in [1.82, 2.24) is 0 Å². The Balaban J connectivity index is 1.68. The van der Waals surface area contributed by atoms with Gasteiger partial charge in [0.25, 0.3) is 0 Å². The van der Waals surface area contributed by atoms with Gasteiger partial charge in [0.15, 0.2) is 5.60 Å². The van der Waals surface area contributed by atoms with Crippen LogP contribution in [-0.4, -0.2) is 0 Å². The van der Waals surface area contributed by atoms with Crippen LogP contribution in [0.5, 0.6) is 5.75 Å². The zero-order valence-electron chi connectivity index (χ0n) is 16.5. The van der Waals surface area contributed by atoms with Crippen molar-refractivity contribution in [2.75, 3.05) is 0 Å². The van der Waals surface area contributed by atoms with Gasteiger partial charge in [-0.3, -0.25) is 0 Å². The molecule has 1 aliphatic heterocycles. The summed E-state index contributed by atoms with van der Waals surface area (Å²) < 4.78 is 7.03. The van der Waals surface area contributed by atoms with E-state index in [4.69, 9.17) is 4.74 Å². The molecule has 0 fully saturated rings. The van der Waals surface area contributed by atoms with Crippen molar-refractivity contribution in [3.63, 3.8) is 0 Å². The van der Waals surface area contributed by atoms with Crippen molar-refractivity contribution in [3.05, 3.63) is 132 Å². The highest BCUT2D eigenvalue weighted by Crippen LogP contribution is 2.46. The minimum absolute atomic E-state index is 0.666. The molecule has 0 aliphatic carbocycles. The van der Waals surface area contributed by atoms with E-state index in [1.54, 1.807) is 0 Å². The first kappa shape index (κ1) is 17.1. The van der Waals surface area contributed by atoms with Gasteiger partial charge in [-0.2, -0.15) is 0 Å². The van der Waals surface area contributed by atoms with Crippen molar-refractivity contribution in [2.45, 2.75) is 5.60 Å². The average Bonchev–Trinajstić information content (AvgIpc) is 2.84. The summed E-state index contributed by atoms with van der Waals surface area (Å²) in [7, 11) is 0. The van der Waals surface area contributed by atoms with E-state index in [-0.39, 0.29) is 0 Å². The molecule has 0 amide bonds. The maximum Gasteiger partial charge on any atom is 0.178 e. The lowest BCUT2D eigenvalue weighted by molar-refractivity contribution is 0.164. The molecule has 0 bridgehead atoms. The van der Waals surface area contributed by atoms with Gasteiger partial charge in [0.05, 0.1) is 0 Å². The number of hydrogen-bond acceptors (Lipinski definition) is 1. The highest BCUT2D eigenvalue weighted by Gasteiger charge is 2.37. The summed E-state index contributed by atoms with van der Waals surface area (Å²) in [5.41, 5.74) is 2.69. The van der Waals surface area contributed by atoms with E-state index in [1.165, 1.54) is 21.5 Å². The Morgan fingerprint density at radius 1 is 0.533 bits per heavy atom. The maximum atomic E-state index is 7.03. The largest absolute Gasteiger partial charge is 0.472 e. The molecule has 1 nitrogen and oxygen atoms in total. The van der Waals surface area contributed by atoms with Crippen molar-refractivity contribution in [3.8, 4) is 5.75 Å². The molecule has 1 heteroatoms. The van der Waals surface area contributed by atoms with Crippen LogP contribution in [-0.2, 0) is 5.60 Å². The van der Waals surface area contributed by atoms with E-state index in [2.05, 4.69) is 109 Å². The van der Waals surface area contributed by atoms with Crippen molar-refractivity contribution in [2.24, 2.45) is 0 Å². The highest BCUT2D eigenvalue weighted by molar-refractivity contribution is 6.12. The number of hydrogen-bond donors (Lipinski definition) is 0. The normalized spacial score (nSPS) is 14.4. The SMILES string of the molecule is C1=CC(c2ccccc2)(c2ccccc2)Oc2c1ccc1ccc3ccccc3c21. The fraction of sp³-hybridized carbons (Fsp3) is 0.0345. The van der Waals surface area contributed by atoms with Crippen molar-refractivity contribution < 1.29 is 4.74 Å². The first-order valence-electron chi connectivity index (χ1n) is 10.3. The van der Waals surface area contributed by atoms with Gasteiger partial charge >= 0.3 is 0 Å². The Kier molecular flexibility index (Phi) is 3.75. The van der Waals surface area contributed by atoms with Gasteiger partial charge in [-0.05, 0) is 22.2 Å². The van der Waals surface area contributed by atoms with Crippen LogP contribution >= 0.6 is 0 Å². The molecule has 0 spiro atoms. The molecule has 5 aromatic rings. The minimum atomic E-state index is -0.666. The Morgan fingerprint density at radius 2 is 1.13 bits per heavy atom. The zero-order chi connectivity index (χ0) is 20.0. The molecule has 1 aliphatic rings. The lowest BCUT2D eigenvalue weighted by atomic mass is 9.83. The van der Waals surface area contributed by atoms with Crippen LogP contribution in [0.1, 0.15) is 16.7 Å². The van der Waals surface area contributed by atoms with Crippen LogP contribution < -0.4 is 4.74 Å². The van der Waals surface area contributed by atoms with Crippen LogP contribution in [0.2, 0.25) is 0 Å². The third-order valence-electron chi connectivity index (χ3n) is 6.06. The highest BCUT2D eigenvalue weighted by atomic mass is 16.5. The number of benzene rings is 5. The standard InChI is InChI=1S/C29H20O/c1-3-10-24(11-4-1)29(25-12-5-2-6-13-25)20-19-23-18-17-22-16-15-21-9-7-8-14-26(21)27(22)28(23)30-29/h1-20H. The van der Waals surface area contributed by atoms with E-state index in [1.807, 2.05) is 12.1 Å². The van der Waals surface area contributed by atoms with Gasteiger partial charge < -0.3 is 4.74 Å². The molecular formula is C29H20O. The lowest BCUT2D eigenvalue weighted by Crippen LogP contribution is -2.34. The molecular weight excluding hydrogens is 364 g/mol. The molecule has 5 aromatic carbocycles. The molecule has 6 rings (SSSR count). The summed E-state index contributed by atoms with van der Waals surface area (Å²) in [5, 5.41) is 4.81. The summed E-state index contributed by atoms with van der Waals surface area (Å²) >= 11 is 0. The summed E-state index contributed by atoms with van der Waals surface area (Å²) in [5.74, 6) is 0.944. The minimum Gasteiger partial charge on any atom is -0.472 e. The first-order valence-corrected chi connectivity index (χ1v) is 10.3. The second kappa shape index (κ2) is 6.60. The van der Waals surface area contributed by atoms with E-state index in [9.17, 15) is 0 Å². The molecule has 30 heavy (non-hydrogen) atoms. The molecule has 142 valence electrons. The monoisotopic (exact) mass is 384 g/mol. The Bertz CT molecular complexity index is 1360.